The Kier molecular flexibility index (Phi) is 4.21. The minimum atomic E-state index is -0.0874. The van der Waals surface area contributed by atoms with E-state index < -0.39 is 0 Å². The number of hydrogen-bond donors (Lipinski definition) is 1. The van der Waals surface area contributed by atoms with Gasteiger partial charge in [-0.1, -0.05) is 24.3 Å². The number of nitrogens with one attached hydrogen (secondary N) is 1. The molecule has 1 aliphatic rings. The maximum Gasteiger partial charge on any atom is 0.270 e. The monoisotopic (exact) mass is 347 g/mol. The average Bonchev–Trinajstić information content (AvgIpc) is 3.35. The molecule has 0 aliphatic heterocycles. The van der Waals surface area contributed by atoms with Crippen LogP contribution in [-0.2, 0) is 0 Å². The topological polar surface area (TPSA) is 56.1 Å². The summed E-state index contributed by atoms with van der Waals surface area (Å²) in [5, 5.41) is 7.77. The minimum Gasteiger partial charge on any atom is -0.497 e. The van der Waals surface area contributed by atoms with Crippen LogP contribution in [0.3, 0.4) is 0 Å². The van der Waals surface area contributed by atoms with Gasteiger partial charge >= 0.3 is 0 Å². The Hall–Kier alpha value is -3.08. The molecule has 1 aliphatic carbocycles. The Bertz CT molecular complexity index is 957. The molecule has 0 atom stereocenters. The van der Waals surface area contributed by atoms with E-state index in [-0.39, 0.29) is 5.91 Å². The van der Waals surface area contributed by atoms with E-state index in [1.165, 1.54) is 0 Å². The van der Waals surface area contributed by atoms with Gasteiger partial charge in [0.15, 0.2) is 0 Å². The Balaban J connectivity index is 1.79. The third-order valence-electron chi connectivity index (χ3n) is 4.47. The highest BCUT2D eigenvalue weighted by molar-refractivity contribution is 5.94. The summed E-state index contributed by atoms with van der Waals surface area (Å²) in [4.78, 5) is 12.7. The molecule has 1 fully saturated rings. The number of hydrogen-bond acceptors (Lipinski definition) is 3. The van der Waals surface area contributed by atoms with Crippen LogP contribution in [0.2, 0.25) is 0 Å². The number of aromatic nitrogens is 2. The summed E-state index contributed by atoms with van der Waals surface area (Å²) in [5.74, 6) is 0.673. The smallest absolute Gasteiger partial charge is 0.270 e. The van der Waals surface area contributed by atoms with Gasteiger partial charge < -0.3 is 10.1 Å². The lowest BCUT2D eigenvalue weighted by molar-refractivity contribution is 0.0943. The quantitative estimate of drug-likeness (QED) is 0.765. The zero-order valence-electron chi connectivity index (χ0n) is 14.9. The molecule has 0 radical (unpaired) electrons. The van der Waals surface area contributed by atoms with Crippen molar-refractivity contribution < 1.29 is 9.53 Å². The van der Waals surface area contributed by atoms with Gasteiger partial charge in [0.05, 0.1) is 18.5 Å². The fourth-order valence-electron chi connectivity index (χ4n) is 2.91. The molecule has 0 saturated heterocycles. The summed E-state index contributed by atoms with van der Waals surface area (Å²) in [6.45, 7) is 2.03. The maximum atomic E-state index is 12.7. The molecule has 1 N–H and O–H groups in total. The van der Waals surface area contributed by atoms with Crippen molar-refractivity contribution in [2.75, 3.05) is 7.11 Å². The first-order valence-corrected chi connectivity index (χ1v) is 8.76. The summed E-state index contributed by atoms with van der Waals surface area (Å²) in [5.41, 5.74) is 4.19. The molecule has 1 saturated carbocycles. The molecule has 0 spiro atoms. The van der Waals surface area contributed by atoms with Gasteiger partial charge in [0.25, 0.3) is 5.91 Å². The van der Waals surface area contributed by atoms with Crippen LogP contribution in [0.5, 0.6) is 5.75 Å². The zero-order valence-corrected chi connectivity index (χ0v) is 14.9. The molecule has 0 unspecified atom stereocenters. The van der Waals surface area contributed by atoms with Gasteiger partial charge in [0.1, 0.15) is 11.4 Å². The lowest BCUT2D eigenvalue weighted by Gasteiger charge is -2.08. The van der Waals surface area contributed by atoms with E-state index in [4.69, 9.17) is 9.84 Å². The normalized spacial score (nSPS) is 13.5. The van der Waals surface area contributed by atoms with Crippen LogP contribution in [0.4, 0.5) is 0 Å². The van der Waals surface area contributed by atoms with E-state index in [2.05, 4.69) is 5.32 Å². The number of carbonyl (C=O) groups excluding carboxylic acids is 1. The number of benzene rings is 2. The first-order valence-electron chi connectivity index (χ1n) is 8.76. The van der Waals surface area contributed by atoms with Gasteiger partial charge in [-0.05, 0) is 55.7 Å². The van der Waals surface area contributed by atoms with Gasteiger partial charge in [-0.15, -0.1) is 0 Å². The standard InChI is InChI=1S/C21H21N3O2/c1-14-5-3-7-17(11-14)24-20(21(25)22-16-9-10-16)13-19(23-24)15-6-4-8-18(12-15)26-2/h3-8,11-13,16H,9-10H2,1-2H3,(H,22,25). The predicted molar refractivity (Wildman–Crippen MR) is 101 cm³/mol. The van der Waals surface area contributed by atoms with E-state index in [9.17, 15) is 4.79 Å². The fourth-order valence-corrected chi connectivity index (χ4v) is 2.91. The highest BCUT2D eigenvalue weighted by Gasteiger charge is 2.26. The molecular weight excluding hydrogens is 326 g/mol. The SMILES string of the molecule is COc1cccc(-c2cc(C(=O)NC3CC3)n(-c3cccc(C)c3)n2)c1. The summed E-state index contributed by atoms with van der Waals surface area (Å²) in [6, 6.07) is 17.8. The summed E-state index contributed by atoms with van der Waals surface area (Å²) in [7, 11) is 1.64. The molecule has 1 amide bonds. The Morgan fingerprint density at radius 3 is 2.69 bits per heavy atom. The number of carbonyl (C=O) groups is 1. The molecular formula is C21H21N3O2. The van der Waals surface area contributed by atoms with Gasteiger partial charge in [-0.2, -0.15) is 5.10 Å². The number of amides is 1. The number of aryl methyl sites for hydroxylation is 1. The van der Waals surface area contributed by atoms with Crippen LogP contribution in [-0.4, -0.2) is 28.8 Å². The van der Waals surface area contributed by atoms with Crippen molar-refractivity contribution in [3.05, 3.63) is 65.9 Å². The molecule has 132 valence electrons. The van der Waals surface area contributed by atoms with E-state index in [0.717, 1.165) is 41.1 Å². The number of ether oxygens (including phenoxy) is 1. The van der Waals surface area contributed by atoms with Crippen molar-refractivity contribution in [1.29, 1.82) is 0 Å². The second kappa shape index (κ2) is 6.67. The predicted octanol–water partition coefficient (Wildman–Crippen LogP) is 3.75. The molecule has 0 bridgehead atoms. The number of rotatable bonds is 5. The molecule has 5 heteroatoms. The first-order chi connectivity index (χ1) is 12.6. The van der Waals surface area contributed by atoms with Crippen molar-refractivity contribution >= 4 is 5.91 Å². The lowest BCUT2D eigenvalue weighted by atomic mass is 10.1. The highest BCUT2D eigenvalue weighted by Crippen LogP contribution is 2.26. The van der Waals surface area contributed by atoms with E-state index in [0.29, 0.717) is 11.7 Å². The van der Waals surface area contributed by atoms with Crippen LogP contribution in [0, 0.1) is 6.92 Å². The zero-order chi connectivity index (χ0) is 18.1. The van der Waals surface area contributed by atoms with Crippen molar-refractivity contribution in [1.82, 2.24) is 15.1 Å². The van der Waals surface area contributed by atoms with Crippen LogP contribution in [0.15, 0.2) is 54.6 Å². The third kappa shape index (κ3) is 3.33. The second-order valence-corrected chi connectivity index (χ2v) is 6.65. The molecule has 2 aromatic carbocycles. The fraction of sp³-hybridized carbons (Fsp3) is 0.238. The molecule has 5 nitrogen and oxygen atoms in total. The maximum absolute atomic E-state index is 12.7. The van der Waals surface area contributed by atoms with E-state index in [1.807, 2.05) is 61.5 Å². The molecule has 4 rings (SSSR count). The number of nitrogens with zero attached hydrogens (tertiary/aromatic N) is 2. The van der Waals surface area contributed by atoms with Gasteiger partial charge in [-0.25, -0.2) is 4.68 Å². The molecule has 3 aromatic rings. The van der Waals surface area contributed by atoms with Crippen LogP contribution >= 0.6 is 0 Å². The Morgan fingerprint density at radius 2 is 1.96 bits per heavy atom. The van der Waals surface area contributed by atoms with E-state index >= 15 is 0 Å². The van der Waals surface area contributed by atoms with E-state index in [1.54, 1.807) is 11.8 Å². The van der Waals surface area contributed by atoms with Crippen LogP contribution in [0.25, 0.3) is 16.9 Å². The number of methoxy groups -OCH3 is 1. The second-order valence-electron chi connectivity index (χ2n) is 6.65. The Morgan fingerprint density at radius 1 is 1.15 bits per heavy atom. The van der Waals surface area contributed by atoms with Crippen molar-refractivity contribution in [3.63, 3.8) is 0 Å². The van der Waals surface area contributed by atoms with Crippen LogP contribution < -0.4 is 10.1 Å². The van der Waals surface area contributed by atoms with Crippen molar-refractivity contribution in [2.24, 2.45) is 0 Å². The molecule has 1 aromatic heterocycles. The summed E-state index contributed by atoms with van der Waals surface area (Å²) in [6.07, 6.45) is 2.10. The largest absolute Gasteiger partial charge is 0.497 e. The van der Waals surface area contributed by atoms with Gasteiger partial charge in [0, 0.05) is 11.6 Å². The summed E-state index contributed by atoms with van der Waals surface area (Å²) >= 11 is 0. The van der Waals surface area contributed by atoms with Crippen molar-refractivity contribution in [2.45, 2.75) is 25.8 Å². The average molecular weight is 347 g/mol. The lowest BCUT2D eigenvalue weighted by Crippen LogP contribution is -2.27. The Labute approximate surface area is 152 Å². The van der Waals surface area contributed by atoms with Crippen molar-refractivity contribution in [3.8, 4) is 22.7 Å². The highest BCUT2D eigenvalue weighted by atomic mass is 16.5. The first kappa shape index (κ1) is 16.4. The molecule has 26 heavy (non-hydrogen) atoms. The third-order valence-corrected chi connectivity index (χ3v) is 4.47. The molecule has 1 heterocycles. The van der Waals surface area contributed by atoms with Gasteiger partial charge in [0.2, 0.25) is 0 Å². The minimum absolute atomic E-state index is 0.0874. The van der Waals surface area contributed by atoms with Gasteiger partial charge in [-0.3, -0.25) is 4.79 Å². The van der Waals surface area contributed by atoms with Crippen LogP contribution in [0.1, 0.15) is 28.9 Å². The summed E-state index contributed by atoms with van der Waals surface area (Å²) < 4.78 is 7.03.